The molecule has 3 heterocycles. The van der Waals surface area contributed by atoms with E-state index in [4.69, 9.17) is 13.9 Å². The van der Waals surface area contributed by atoms with Gasteiger partial charge in [-0.1, -0.05) is 11.2 Å². The lowest BCUT2D eigenvalue weighted by molar-refractivity contribution is 0.101. The number of aromatic nitrogens is 3. The third-order valence-electron chi connectivity index (χ3n) is 6.12. The fraction of sp³-hybridized carbons (Fsp3) is 0.360. The van der Waals surface area contributed by atoms with Gasteiger partial charge < -0.3 is 19.5 Å². The molecule has 1 amide bonds. The Morgan fingerprint density at radius 1 is 1.00 bits per heavy atom. The van der Waals surface area contributed by atoms with Crippen LogP contribution in [0.4, 0.5) is 11.4 Å². The first kappa shape index (κ1) is 21.9. The fourth-order valence-electron chi connectivity index (χ4n) is 4.44. The molecule has 1 N–H and O–H groups in total. The van der Waals surface area contributed by atoms with Gasteiger partial charge in [0.2, 0.25) is 0 Å². The Balaban J connectivity index is 1.36. The summed E-state index contributed by atoms with van der Waals surface area (Å²) in [7, 11) is 0. The van der Waals surface area contributed by atoms with E-state index in [1.807, 2.05) is 38.1 Å². The van der Waals surface area contributed by atoms with Crippen molar-refractivity contribution >= 4 is 28.3 Å². The largest absolute Gasteiger partial charge is 0.489 e. The molecule has 0 aliphatic carbocycles. The molecule has 1 saturated heterocycles. The normalized spacial score (nSPS) is 13.9. The van der Waals surface area contributed by atoms with Crippen molar-refractivity contribution in [2.75, 3.05) is 23.3 Å². The quantitative estimate of drug-likeness (QED) is 0.429. The molecule has 1 aliphatic heterocycles. The minimum atomic E-state index is -0.411. The summed E-state index contributed by atoms with van der Waals surface area (Å²) >= 11 is 0. The molecule has 0 radical (unpaired) electrons. The Morgan fingerprint density at radius 2 is 1.74 bits per heavy atom. The van der Waals surface area contributed by atoms with Gasteiger partial charge in [0, 0.05) is 13.1 Å². The van der Waals surface area contributed by atoms with Crippen molar-refractivity contribution in [2.45, 2.75) is 46.6 Å². The first-order valence-electron chi connectivity index (χ1n) is 11.5. The second-order valence-electron chi connectivity index (χ2n) is 8.77. The van der Waals surface area contributed by atoms with Crippen molar-refractivity contribution in [3.8, 4) is 5.75 Å². The minimum absolute atomic E-state index is 0.163. The van der Waals surface area contributed by atoms with Gasteiger partial charge in [0.25, 0.3) is 5.91 Å². The van der Waals surface area contributed by atoms with Gasteiger partial charge in [0.1, 0.15) is 18.1 Å². The lowest BCUT2D eigenvalue weighted by atomic mass is 10.1. The fourth-order valence-corrected chi connectivity index (χ4v) is 4.44. The third kappa shape index (κ3) is 4.33. The van der Waals surface area contributed by atoms with Crippen molar-refractivity contribution in [3.63, 3.8) is 0 Å². The van der Waals surface area contributed by atoms with Crippen molar-refractivity contribution in [2.24, 2.45) is 0 Å². The molecule has 0 spiro atoms. The number of anilines is 2. The van der Waals surface area contributed by atoms with Crippen LogP contribution in [0.3, 0.4) is 0 Å². The molecule has 2 aromatic heterocycles. The van der Waals surface area contributed by atoms with Crippen LogP contribution in [0.2, 0.25) is 0 Å². The molecule has 1 fully saturated rings. The average Bonchev–Trinajstić information content (AvgIpc) is 3.45. The summed E-state index contributed by atoms with van der Waals surface area (Å²) in [4.78, 5) is 15.4. The maximum atomic E-state index is 13.1. The van der Waals surface area contributed by atoms with Gasteiger partial charge in [-0.15, -0.1) is 0 Å². The van der Waals surface area contributed by atoms with Crippen molar-refractivity contribution in [3.05, 3.63) is 58.5 Å². The number of rotatable bonds is 6. The van der Waals surface area contributed by atoms with E-state index in [0.717, 1.165) is 48.5 Å². The van der Waals surface area contributed by atoms with Crippen LogP contribution in [-0.2, 0) is 6.61 Å². The van der Waals surface area contributed by atoms with Crippen LogP contribution in [0, 0.1) is 20.8 Å². The molecule has 0 unspecified atom stereocenters. The number of ether oxygens (including phenoxy) is 1. The number of fused-ring (bicyclic) bond motifs is 1. The summed E-state index contributed by atoms with van der Waals surface area (Å²) in [6, 6.07) is 9.76. The molecular weight excluding hydrogens is 434 g/mol. The monoisotopic (exact) mass is 461 g/mol. The first-order valence-corrected chi connectivity index (χ1v) is 11.5. The van der Waals surface area contributed by atoms with Gasteiger partial charge in [-0.25, -0.2) is 4.63 Å². The highest BCUT2D eigenvalue weighted by Gasteiger charge is 2.24. The maximum Gasteiger partial charge on any atom is 0.278 e. The maximum absolute atomic E-state index is 13.1. The second kappa shape index (κ2) is 9.17. The molecular formula is C25H27N5O4. The number of carbonyl (C=O) groups is 1. The standard InChI is InChI=1S/C25H27N5O4/c1-15-11-16(2)13-18(12-15)32-14-19-17(3)33-27-22(19)25(31)26-20-7-8-21(24-23(20)28-34-29-24)30-9-5-4-6-10-30/h7-8,11-13H,4-6,9-10,14H2,1-3H3,(H,26,31). The number of nitrogens with one attached hydrogen (secondary N) is 1. The van der Waals surface area contributed by atoms with Crippen molar-refractivity contribution < 1.29 is 18.7 Å². The summed E-state index contributed by atoms with van der Waals surface area (Å²) in [6.45, 7) is 7.89. The van der Waals surface area contributed by atoms with E-state index in [1.54, 1.807) is 6.92 Å². The van der Waals surface area contributed by atoms with Gasteiger partial charge in [0.15, 0.2) is 16.7 Å². The SMILES string of the molecule is Cc1cc(C)cc(OCc2c(C(=O)Nc3ccc(N4CCCCC4)c4nonc34)noc2C)c1. The van der Waals surface area contributed by atoms with Crippen LogP contribution in [-0.4, -0.2) is 34.5 Å². The van der Waals surface area contributed by atoms with Crippen LogP contribution in [0.15, 0.2) is 39.5 Å². The smallest absolute Gasteiger partial charge is 0.278 e. The molecule has 176 valence electrons. The highest BCUT2D eigenvalue weighted by Crippen LogP contribution is 2.32. The zero-order valence-electron chi connectivity index (χ0n) is 19.6. The zero-order chi connectivity index (χ0) is 23.7. The highest BCUT2D eigenvalue weighted by atomic mass is 16.6. The van der Waals surface area contributed by atoms with E-state index in [0.29, 0.717) is 28.0 Å². The number of carbonyl (C=O) groups excluding carboxylic acids is 1. The number of nitrogens with zero attached hydrogens (tertiary/aromatic N) is 4. The second-order valence-corrected chi connectivity index (χ2v) is 8.77. The number of benzene rings is 2. The van der Waals surface area contributed by atoms with Gasteiger partial charge in [0.05, 0.1) is 16.9 Å². The summed E-state index contributed by atoms with van der Waals surface area (Å²) in [6.07, 6.45) is 3.52. The van der Waals surface area contributed by atoms with Crippen LogP contribution in [0.1, 0.15) is 52.2 Å². The number of hydrogen-bond donors (Lipinski definition) is 1. The van der Waals surface area contributed by atoms with Crippen molar-refractivity contribution in [1.82, 2.24) is 15.5 Å². The molecule has 0 saturated carbocycles. The summed E-state index contributed by atoms with van der Waals surface area (Å²) in [5.41, 5.74) is 5.58. The molecule has 9 nitrogen and oxygen atoms in total. The van der Waals surface area contributed by atoms with Crippen LogP contribution >= 0.6 is 0 Å². The molecule has 5 rings (SSSR count). The number of aryl methyl sites for hydroxylation is 3. The van der Waals surface area contributed by atoms with E-state index < -0.39 is 5.91 Å². The molecule has 9 heteroatoms. The number of amides is 1. The van der Waals surface area contributed by atoms with E-state index in [2.05, 4.69) is 31.8 Å². The lowest BCUT2D eigenvalue weighted by Gasteiger charge is -2.28. The Bertz CT molecular complexity index is 1320. The van der Waals surface area contributed by atoms with Gasteiger partial charge in [-0.3, -0.25) is 4.79 Å². The number of piperidine rings is 1. The minimum Gasteiger partial charge on any atom is -0.489 e. The Morgan fingerprint density at radius 3 is 2.50 bits per heavy atom. The van der Waals surface area contributed by atoms with Gasteiger partial charge in [-0.2, -0.15) is 0 Å². The van der Waals surface area contributed by atoms with Crippen LogP contribution in [0.5, 0.6) is 5.75 Å². The van der Waals surface area contributed by atoms with Gasteiger partial charge in [-0.05, 0) is 85.7 Å². The molecule has 1 aliphatic rings. The van der Waals surface area contributed by atoms with Crippen LogP contribution in [0.25, 0.3) is 11.0 Å². The molecule has 0 bridgehead atoms. The summed E-state index contributed by atoms with van der Waals surface area (Å²) in [5.74, 6) is 0.849. The lowest BCUT2D eigenvalue weighted by Crippen LogP contribution is -2.29. The topological polar surface area (TPSA) is 107 Å². The van der Waals surface area contributed by atoms with Crippen LogP contribution < -0.4 is 15.0 Å². The predicted octanol–water partition coefficient (Wildman–Crippen LogP) is 4.96. The van der Waals surface area contributed by atoms with Crippen molar-refractivity contribution in [1.29, 1.82) is 0 Å². The van der Waals surface area contributed by atoms with E-state index in [9.17, 15) is 4.79 Å². The predicted molar refractivity (Wildman–Crippen MR) is 127 cm³/mol. The zero-order valence-corrected chi connectivity index (χ0v) is 19.6. The number of hydrogen-bond acceptors (Lipinski definition) is 8. The molecule has 34 heavy (non-hydrogen) atoms. The van der Waals surface area contributed by atoms with Gasteiger partial charge >= 0.3 is 0 Å². The average molecular weight is 462 g/mol. The molecule has 0 atom stereocenters. The Labute approximate surface area is 197 Å². The highest BCUT2D eigenvalue weighted by molar-refractivity contribution is 6.09. The van der Waals surface area contributed by atoms with E-state index in [1.165, 1.54) is 6.42 Å². The molecule has 2 aromatic carbocycles. The Kier molecular flexibility index (Phi) is 5.91. The molecule has 4 aromatic rings. The first-order chi connectivity index (χ1) is 16.5. The van der Waals surface area contributed by atoms with E-state index >= 15 is 0 Å². The third-order valence-corrected chi connectivity index (χ3v) is 6.12. The van der Waals surface area contributed by atoms with E-state index in [-0.39, 0.29) is 12.3 Å². The summed E-state index contributed by atoms with van der Waals surface area (Å²) in [5, 5.41) is 15.0. The summed E-state index contributed by atoms with van der Waals surface area (Å²) < 4.78 is 16.3. The Hall–Kier alpha value is -3.88.